The van der Waals surface area contributed by atoms with Crippen LogP contribution in [0, 0.1) is 11.6 Å². The lowest BCUT2D eigenvalue weighted by atomic mass is 10.1. The molecule has 0 spiro atoms. The predicted octanol–water partition coefficient (Wildman–Crippen LogP) is 3.83. The number of aromatic nitrogens is 3. The Hall–Kier alpha value is -4.00. The molecule has 0 aliphatic heterocycles. The second kappa shape index (κ2) is 10.2. The molecule has 5 rings (SSSR count). The fourth-order valence-corrected chi connectivity index (χ4v) is 5.34. The van der Waals surface area contributed by atoms with E-state index < -0.39 is 34.4 Å². The van der Waals surface area contributed by atoms with Crippen LogP contribution in [0.2, 0.25) is 0 Å². The monoisotopic (exact) mass is 539 g/mol. The minimum Gasteiger partial charge on any atom is -0.754 e. The van der Waals surface area contributed by atoms with Crippen molar-refractivity contribution in [2.45, 2.75) is 13.1 Å². The minimum absolute atomic E-state index is 0.0203. The molecule has 5 aromatic rings. The van der Waals surface area contributed by atoms with Gasteiger partial charge in [0.2, 0.25) is 0 Å². The molecule has 2 aromatic carbocycles. The van der Waals surface area contributed by atoms with E-state index in [1.165, 1.54) is 46.5 Å². The largest absolute Gasteiger partial charge is 0.754 e. The van der Waals surface area contributed by atoms with E-state index in [1.807, 2.05) is 18.2 Å². The molecule has 0 aliphatic rings. The smallest absolute Gasteiger partial charge is 0.263 e. The number of fused-ring (bicyclic) bond motifs is 1. The van der Waals surface area contributed by atoms with Gasteiger partial charge in [0.1, 0.15) is 5.56 Å². The molecule has 1 N–H and O–H groups in total. The highest BCUT2D eigenvalue weighted by atomic mass is 32.2. The summed E-state index contributed by atoms with van der Waals surface area (Å²) in [4.78, 5) is 27.3. The van der Waals surface area contributed by atoms with Crippen LogP contribution in [0.1, 0.15) is 20.8 Å². The second-order valence-electron chi connectivity index (χ2n) is 8.03. The van der Waals surface area contributed by atoms with Gasteiger partial charge in [-0.15, -0.1) is 11.3 Å². The number of hydrogen-bond donors (Lipinski definition) is 1. The summed E-state index contributed by atoms with van der Waals surface area (Å²) < 4.78 is 51.6. The van der Waals surface area contributed by atoms with E-state index in [0.29, 0.717) is 16.5 Å². The molecule has 0 fully saturated rings. The lowest BCUT2D eigenvalue weighted by Gasteiger charge is -2.09. The number of nitrogens with zero attached hydrogens (tertiary/aromatic N) is 3. The molecule has 1 atom stereocenters. The van der Waals surface area contributed by atoms with Crippen LogP contribution in [0.5, 0.6) is 0 Å². The molecule has 1 amide bonds. The first-order chi connectivity index (χ1) is 17.8. The highest BCUT2D eigenvalue weighted by Gasteiger charge is 2.15. The minimum atomic E-state index is -2.52. The van der Waals surface area contributed by atoms with Crippen LogP contribution in [0.3, 0.4) is 0 Å². The third-order valence-corrected chi connectivity index (χ3v) is 7.37. The van der Waals surface area contributed by atoms with Crippen LogP contribution in [0.25, 0.3) is 21.3 Å². The lowest BCUT2D eigenvalue weighted by molar-refractivity contribution is 0.0949. The topological polar surface area (TPSA) is 109 Å². The third-order valence-electron chi connectivity index (χ3n) is 5.67. The van der Waals surface area contributed by atoms with Gasteiger partial charge in [-0.25, -0.2) is 8.78 Å². The van der Waals surface area contributed by atoms with Crippen LogP contribution in [-0.4, -0.2) is 28.4 Å². The maximum absolute atomic E-state index is 13.5. The van der Waals surface area contributed by atoms with Crippen molar-refractivity contribution >= 4 is 39.4 Å². The van der Waals surface area contributed by atoms with Crippen LogP contribution < -0.4 is 10.9 Å². The van der Waals surface area contributed by atoms with Gasteiger partial charge < -0.3 is 14.4 Å². The number of halogens is 2. The van der Waals surface area contributed by atoms with Crippen LogP contribution >= 0.6 is 11.3 Å². The molecule has 3 aromatic heterocycles. The summed E-state index contributed by atoms with van der Waals surface area (Å²) in [6, 6.07) is 15.3. The third kappa shape index (κ3) is 4.99. The Morgan fingerprint density at radius 3 is 2.70 bits per heavy atom. The van der Waals surface area contributed by atoms with Crippen molar-refractivity contribution < 1.29 is 22.3 Å². The van der Waals surface area contributed by atoms with Gasteiger partial charge in [-0.1, -0.05) is 18.2 Å². The summed E-state index contributed by atoms with van der Waals surface area (Å²) >= 11 is -1.11. The fourth-order valence-electron chi connectivity index (χ4n) is 3.91. The molecule has 1 unspecified atom stereocenters. The van der Waals surface area contributed by atoms with E-state index in [4.69, 9.17) is 0 Å². The quantitative estimate of drug-likeness (QED) is 0.316. The molecule has 37 heavy (non-hydrogen) atoms. The Morgan fingerprint density at radius 2 is 1.92 bits per heavy atom. The first kappa shape index (κ1) is 24.7. The molecule has 0 bridgehead atoms. The zero-order valence-electron chi connectivity index (χ0n) is 18.9. The number of pyridine rings is 1. The maximum Gasteiger partial charge on any atom is 0.263 e. The van der Waals surface area contributed by atoms with E-state index >= 15 is 0 Å². The summed E-state index contributed by atoms with van der Waals surface area (Å²) in [7, 11) is 0. The van der Waals surface area contributed by atoms with E-state index in [1.54, 1.807) is 12.1 Å². The van der Waals surface area contributed by atoms with E-state index in [-0.39, 0.29) is 18.7 Å². The van der Waals surface area contributed by atoms with Crippen molar-refractivity contribution in [3.05, 3.63) is 111 Å². The average molecular weight is 540 g/mol. The van der Waals surface area contributed by atoms with Gasteiger partial charge >= 0.3 is 0 Å². The van der Waals surface area contributed by atoms with E-state index in [9.17, 15) is 27.1 Å². The van der Waals surface area contributed by atoms with E-state index in [0.717, 1.165) is 31.5 Å². The van der Waals surface area contributed by atoms with Gasteiger partial charge in [-0.3, -0.25) is 13.8 Å². The summed E-state index contributed by atoms with van der Waals surface area (Å²) in [5.41, 5.74) is 1.00. The standard InChI is InChI=1S/C25H18F2N4O4S2/c26-20-8-6-15(11-21(20)27)14-30-10-2-4-18(25(30)33)24(32)28-12-16-7-9-23(36-16)17-3-1-5-22-19(17)13-29-31(22)37(34)35/h1-11,13H,12,14H2,(H,28,32)(H,34,35)/p-1. The van der Waals surface area contributed by atoms with Gasteiger partial charge in [0, 0.05) is 26.9 Å². The van der Waals surface area contributed by atoms with Crippen LogP contribution in [-0.2, 0) is 24.4 Å². The van der Waals surface area contributed by atoms with Gasteiger partial charge in [0.05, 0.1) is 36.1 Å². The molecule has 0 aliphatic carbocycles. The number of thiophene rings is 1. The Labute approximate surface area is 215 Å². The Balaban J connectivity index is 1.31. The molecule has 12 heteroatoms. The molecule has 0 saturated carbocycles. The predicted molar refractivity (Wildman–Crippen MR) is 135 cm³/mol. The maximum atomic E-state index is 13.5. The number of amides is 1. The second-order valence-corrected chi connectivity index (χ2v) is 9.97. The van der Waals surface area contributed by atoms with Gasteiger partial charge in [-0.05, 0) is 48.0 Å². The Kier molecular flexibility index (Phi) is 6.78. The number of rotatable bonds is 7. The zero-order chi connectivity index (χ0) is 26.1. The molecule has 0 radical (unpaired) electrons. The zero-order valence-corrected chi connectivity index (χ0v) is 20.5. The van der Waals surface area contributed by atoms with E-state index in [2.05, 4.69) is 10.4 Å². The Morgan fingerprint density at radius 1 is 1.08 bits per heavy atom. The number of carbonyl (C=O) groups is 1. The summed E-state index contributed by atoms with van der Waals surface area (Å²) in [5.74, 6) is -2.56. The molecule has 188 valence electrons. The van der Waals surface area contributed by atoms with Crippen molar-refractivity contribution in [2.75, 3.05) is 0 Å². The lowest BCUT2D eigenvalue weighted by Crippen LogP contribution is -2.32. The van der Waals surface area contributed by atoms with Crippen LogP contribution in [0.4, 0.5) is 8.78 Å². The van der Waals surface area contributed by atoms with Crippen molar-refractivity contribution in [3.8, 4) is 10.4 Å². The number of carbonyl (C=O) groups excluding carboxylic acids is 1. The SMILES string of the molecule is O=C(NCc1ccc(-c2cccc3c2cnn3S(=O)[O-])s1)c1cccn(Cc2ccc(F)c(F)c2)c1=O. The average Bonchev–Trinajstić information content (AvgIpc) is 3.53. The first-order valence-corrected chi connectivity index (χ1v) is 12.7. The highest BCUT2D eigenvalue weighted by molar-refractivity contribution is 7.77. The molecule has 0 saturated heterocycles. The van der Waals surface area contributed by atoms with Gasteiger partial charge in [0.15, 0.2) is 11.6 Å². The molecule has 8 nitrogen and oxygen atoms in total. The molecular weight excluding hydrogens is 522 g/mol. The number of benzene rings is 2. The van der Waals surface area contributed by atoms with Gasteiger partial charge in [-0.2, -0.15) is 9.19 Å². The van der Waals surface area contributed by atoms with Gasteiger partial charge in [0.25, 0.3) is 11.5 Å². The fraction of sp³-hybridized carbons (Fsp3) is 0.0800. The summed E-state index contributed by atoms with van der Waals surface area (Å²) in [6.07, 6.45) is 2.96. The Bertz CT molecular complexity index is 1730. The normalized spacial score (nSPS) is 12.1. The highest BCUT2D eigenvalue weighted by Crippen LogP contribution is 2.33. The number of hydrogen-bond acceptors (Lipinski definition) is 6. The first-order valence-electron chi connectivity index (χ1n) is 10.9. The van der Waals surface area contributed by atoms with Crippen LogP contribution in [0.15, 0.2) is 77.9 Å². The number of nitrogens with one attached hydrogen (secondary N) is 1. The van der Waals surface area contributed by atoms with Crippen molar-refractivity contribution in [1.82, 2.24) is 19.1 Å². The van der Waals surface area contributed by atoms with Crippen molar-refractivity contribution in [2.24, 2.45) is 0 Å². The molecular formula is C25H17F2N4O4S2-. The van der Waals surface area contributed by atoms with Crippen molar-refractivity contribution in [1.29, 1.82) is 0 Å². The summed E-state index contributed by atoms with van der Waals surface area (Å²) in [6.45, 7) is 0.147. The summed E-state index contributed by atoms with van der Waals surface area (Å²) in [5, 5.41) is 7.33. The van der Waals surface area contributed by atoms with Crippen molar-refractivity contribution in [3.63, 3.8) is 0 Å². The molecule has 3 heterocycles.